The van der Waals surface area contributed by atoms with Gasteiger partial charge in [0.1, 0.15) is 6.61 Å². The van der Waals surface area contributed by atoms with E-state index in [4.69, 9.17) is 27.9 Å². The lowest BCUT2D eigenvalue weighted by molar-refractivity contribution is 0.0460. The maximum absolute atomic E-state index is 13.0. The van der Waals surface area contributed by atoms with Gasteiger partial charge in [0.05, 0.1) is 16.8 Å². The molecule has 1 aliphatic heterocycles. The number of carbonyl (C=O) groups excluding carboxylic acids is 1. The molecule has 10 heteroatoms. The van der Waals surface area contributed by atoms with E-state index in [0.717, 1.165) is 53.4 Å². The van der Waals surface area contributed by atoms with E-state index in [9.17, 15) is 4.79 Å². The van der Waals surface area contributed by atoms with Crippen molar-refractivity contribution in [3.8, 4) is 0 Å². The van der Waals surface area contributed by atoms with Crippen LogP contribution in [0.5, 0.6) is 0 Å². The number of hydrogen-bond acceptors (Lipinski definition) is 6. The first-order chi connectivity index (χ1) is 18.0. The minimum absolute atomic E-state index is 0. The fraction of sp³-hybridized carbons (Fsp3) is 0.241. The molecule has 0 spiro atoms. The molecule has 6 nitrogen and oxygen atoms in total. The van der Waals surface area contributed by atoms with Gasteiger partial charge in [0.15, 0.2) is 0 Å². The molecule has 1 aliphatic rings. The molecule has 0 saturated carbocycles. The third-order valence-corrected chi connectivity index (χ3v) is 7.36. The second-order valence-electron chi connectivity index (χ2n) is 9.04. The van der Waals surface area contributed by atoms with Crippen LogP contribution in [0, 0.1) is 6.92 Å². The number of rotatable bonds is 7. The number of piperazine rings is 1. The molecule has 206 valence electrons. The van der Waals surface area contributed by atoms with Crippen molar-refractivity contribution in [1.82, 2.24) is 9.88 Å². The number of anilines is 3. The van der Waals surface area contributed by atoms with Crippen molar-refractivity contribution >= 4 is 82.0 Å². The minimum Gasteiger partial charge on any atom is -0.461 e. The van der Waals surface area contributed by atoms with E-state index in [1.807, 2.05) is 54.6 Å². The first-order valence-corrected chi connectivity index (χ1v) is 13.0. The lowest BCUT2D eigenvalue weighted by Crippen LogP contribution is -2.47. The molecule has 0 amide bonds. The predicted molar refractivity (Wildman–Crippen MR) is 166 cm³/mol. The summed E-state index contributed by atoms with van der Waals surface area (Å²) in [6, 6.07) is 20.9. The predicted octanol–water partition coefficient (Wildman–Crippen LogP) is 7.42. The molecule has 3 aromatic carbocycles. The van der Waals surface area contributed by atoms with Gasteiger partial charge in [0, 0.05) is 65.7 Å². The van der Waals surface area contributed by atoms with Crippen molar-refractivity contribution in [1.29, 1.82) is 0 Å². The van der Waals surface area contributed by atoms with Crippen LogP contribution in [0.4, 0.5) is 17.1 Å². The Bertz CT molecular complexity index is 1430. The van der Waals surface area contributed by atoms with Crippen molar-refractivity contribution < 1.29 is 9.53 Å². The van der Waals surface area contributed by atoms with Crippen molar-refractivity contribution in [3.05, 3.63) is 94.1 Å². The first kappa shape index (κ1) is 30.8. The van der Waals surface area contributed by atoms with Crippen molar-refractivity contribution in [2.75, 3.05) is 49.5 Å². The fourth-order valence-electron chi connectivity index (χ4n) is 4.64. The lowest BCUT2D eigenvalue weighted by Gasteiger charge is -2.36. The van der Waals surface area contributed by atoms with Crippen LogP contribution in [0.2, 0.25) is 10.0 Å². The number of benzene rings is 3. The summed E-state index contributed by atoms with van der Waals surface area (Å²) in [5, 5.41) is 5.72. The van der Waals surface area contributed by atoms with Gasteiger partial charge in [-0.1, -0.05) is 41.4 Å². The highest BCUT2D eigenvalue weighted by Gasteiger charge is 2.20. The zero-order valence-corrected chi connectivity index (χ0v) is 24.5. The van der Waals surface area contributed by atoms with Crippen LogP contribution in [0.25, 0.3) is 10.9 Å². The largest absolute Gasteiger partial charge is 0.461 e. The molecule has 1 saturated heterocycles. The minimum atomic E-state index is -0.349. The summed E-state index contributed by atoms with van der Waals surface area (Å²) in [6.07, 6.45) is 1.72. The summed E-state index contributed by atoms with van der Waals surface area (Å²) in [5.41, 5.74) is 5.09. The van der Waals surface area contributed by atoms with Gasteiger partial charge >= 0.3 is 5.97 Å². The number of nitrogens with one attached hydrogen (secondary N) is 1. The monoisotopic (exact) mass is 606 g/mol. The SMILES string of the molecule is Cc1c(Cl)cccc1N1CCN(CCOC(=O)c2ccccc2Nc2ccnc3cc(Cl)ccc23)CC1.Cl.Cl. The number of para-hydroxylation sites is 1. The molecule has 0 aliphatic carbocycles. The van der Waals surface area contributed by atoms with Crippen LogP contribution in [-0.4, -0.2) is 55.2 Å². The molecule has 1 N–H and O–H groups in total. The van der Waals surface area contributed by atoms with Crippen LogP contribution in [0.15, 0.2) is 72.9 Å². The Hall–Kier alpha value is -2.74. The summed E-state index contributed by atoms with van der Waals surface area (Å²) in [6.45, 7) is 6.71. The third kappa shape index (κ3) is 7.27. The molecule has 0 unspecified atom stereocenters. The van der Waals surface area contributed by atoms with E-state index in [0.29, 0.717) is 29.4 Å². The van der Waals surface area contributed by atoms with Gasteiger partial charge in [-0.2, -0.15) is 0 Å². The molecule has 0 radical (unpaired) electrons. The zero-order chi connectivity index (χ0) is 25.8. The number of ether oxygens (including phenoxy) is 1. The smallest absolute Gasteiger partial charge is 0.340 e. The van der Waals surface area contributed by atoms with E-state index in [1.54, 1.807) is 12.3 Å². The first-order valence-electron chi connectivity index (χ1n) is 12.3. The normalized spacial score (nSPS) is 13.4. The fourth-order valence-corrected chi connectivity index (χ4v) is 4.98. The van der Waals surface area contributed by atoms with Crippen molar-refractivity contribution in [2.24, 2.45) is 0 Å². The summed E-state index contributed by atoms with van der Waals surface area (Å²) < 4.78 is 5.68. The molecular weight excluding hydrogens is 578 g/mol. The Morgan fingerprint density at radius 1 is 0.949 bits per heavy atom. The Morgan fingerprint density at radius 3 is 2.51 bits per heavy atom. The van der Waals surface area contributed by atoms with Gasteiger partial charge in [0.25, 0.3) is 0 Å². The summed E-state index contributed by atoms with van der Waals surface area (Å²) in [5.74, 6) is -0.349. The number of hydrogen-bond donors (Lipinski definition) is 1. The Morgan fingerprint density at radius 2 is 1.72 bits per heavy atom. The molecule has 39 heavy (non-hydrogen) atoms. The van der Waals surface area contributed by atoms with Gasteiger partial charge < -0.3 is 15.0 Å². The van der Waals surface area contributed by atoms with Crippen LogP contribution in [0.1, 0.15) is 15.9 Å². The van der Waals surface area contributed by atoms with Crippen LogP contribution < -0.4 is 10.2 Å². The summed E-state index contributed by atoms with van der Waals surface area (Å²) >= 11 is 12.4. The number of nitrogens with zero attached hydrogens (tertiary/aromatic N) is 3. The van der Waals surface area contributed by atoms with Crippen molar-refractivity contribution in [3.63, 3.8) is 0 Å². The van der Waals surface area contributed by atoms with Gasteiger partial charge in [0.2, 0.25) is 0 Å². The summed E-state index contributed by atoms with van der Waals surface area (Å²) in [4.78, 5) is 22.1. The third-order valence-electron chi connectivity index (χ3n) is 6.71. The molecule has 0 atom stereocenters. The van der Waals surface area contributed by atoms with E-state index < -0.39 is 0 Å². The topological polar surface area (TPSA) is 57.7 Å². The number of esters is 1. The van der Waals surface area contributed by atoms with E-state index >= 15 is 0 Å². The number of aromatic nitrogens is 1. The zero-order valence-electron chi connectivity index (χ0n) is 21.4. The number of carbonyl (C=O) groups is 1. The Kier molecular flexibility index (Phi) is 11.1. The molecule has 5 rings (SSSR count). The molecule has 2 heterocycles. The van der Waals surface area contributed by atoms with Gasteiger partial charge in [-0.05, 0) is 61.0 Å². The average molecular weight is 608 g/mol. The molecule has 1 fully saturated rings. The number of halogens is 4. The summed E-state index contributed by atoms with van der Waals surface area (Å²) in [7, 11) is 0. The molecule has 0 bridgehead atoms. The Labute approximate surface area is 251 Å². The van der Waals surface area contributed by atoms with Crippen LogP contribution >= 0.6 is 48.0 Å². The molecule has 4 aromatic rings. The maximum atomic E-state index is 13.0. The Balaban J connectivity index is 0.00000210. The quantitative estimate of drug-likeness (QED) is 0.221. The highest BCUT2D eigenvalue weighted by atomic mass is 35.5. The number of pyridine rings is 1. The highest BCUT2D eigenvalue weighted by Crippen LogP contribution is 2.29. The lowest BCUT2D eigenvalue weighted by atomic mass is 10.1. The van der Waals surface area contributed by atoms with Gasteiger partial charge in [-0.3, -0.25) is 9.88 Å². The number of fused-ring (bicyclic) bond motifs is 1. The van der Waals surface area contributed by atoms with E-state index in [2.05, 4.69) is 33.1 Å². The standard InChI is InChI=1S/C29H28Cl2N4O2.2ClH/c1-20-24(31)6-4-8-28(20)35-15-13-34(14-16-35)17-18-37-29(36)23-5-2-3-7-25(23)33-26-11-12-32-27-19-21(30)9-10-22(26)27;;/h2-12,19H,13-18H2,1H3,(H,32,33);2*1H. The highest BCUT2D eigenvalue weighted by molar-refractivity contribution is 6.32. The van der Waals surface area contributed by atoms with E-state index in [1.165, 1.54) is 5.69 Å². The second kappa shape index (κ2) is 14.1. The van der Waals surface area contributed by atoms with E-state index in [-0.39, 0.29) is 30.8 Å². The molecular formula is C29H30Cl4N4O2. The van der Waals surface area contributed by atoms with Crippen LogP contribution in [0.3, 0.4) is 0 Å². The maximum Gasteiger partial charge on any atom is 0.340 e. The second-order valence-corrected chi connectivity index (χ2v) is 9.88. The van der Waals surface area contributed by atoms with Gasteiger partial charge in [-0.15, -0.1) is 24.8 Å². The molecule has 1 aromatic heterocycles. The van der Waals surface area contributed by atoms with Gasteiger partial charge in [-0.25, -0.2) is 4.79 Å². The van der Waals surface area contributed by atoms with Crippen LogP contribution in [-0.2, 0) is 4.74 Å². The average Bonchev–Trinajstić information content (AvgIpc) is 2.91. The van der Waals surface area contributed by atoms with Crippen molar-refractivity contribution in [2.45, 2.75) is 6.92 Å².